The fourth-order valence-electron chi connectivity index (χ4n) is 1.50. The molecule has 80 valence electrons. The second kappa shape index (κ2) is 4.47. The van der Waals surface area contributed by atoms with Gasteiger partial charge in [0.05, 0.1) is 6.04 Å². The van der Waals surface area contributed by atoms with Gasteiger partial charge in [0.15, 0.2) is 0 Å². The van der Waals surface area contributed by atoms with Crippen LogP contribution in [0.4, 0.5) is 0 Å². The minimum Gasteiger partial charge on any atom is -0.337 e. The number of hydrogen-bond acceptors (Lipinski definition) is 3. The highest BCUT2D eigenvalue weighted by Gasteiger charge is 2.12. The lowest BCUT2D eigenvalue weighted by Gasteiger charge is -2.09. The summed E-state index contributed by atoms with van der Waals surface area (Å²) in [7, 11) is 1.96. The third kappa shape index (κ3) is 2.48. The van der Waals surface area contributed by atoms with Gasteiger partial charge in [-0.15, -0.1) is 11.3 Å². The normalized spacial score (nSPS) is 13.0. The molecule has 0 saturated heterocycles. The molecule has 0 aliphatic rings. The van der Waals surface area contributed by atoms with Crippen molar-refractivity contribution in [1.29, 1.82) is 0 Å². The van der Waals surface area contributed by atoms with Gasteiger partial charge in [-0.05, 0) is 22.0 Å². The van der Waals surface area contributed by atoms with Gasteiger partial charge in [-0.2, -0.15) is 0 Å². The van der Waals surface area contributed by atoms with Crippen molar-refractivity contribution in [2.75, 3.05) is 0 Å². The Kier molecular flexibility index (Phi) is 3.23. The summed E-state index contributed by atoms with van der Waals surface area (Å²) in [5.41, 5.74) is 6.09. The van der Waals surface area contributed by atoms with E-state index in [4.69, 9.17) is 5.73 Å². The molecule has 0 saturated carbocycles. The Morgan fingerprint density at radius 1 is 1.67 bits per heavy atom. The molecular formula is C10H12BrN3S. The highest BCUT2D eigenvalue weighted by molar-refractivity contribution is 9.10. The maximum absolute atomic E-state index is 6.09. The smallest absolute Gasteiger partial charge is 0.125 e. The maximum Gasteiger partial charge on any atom is 0.125 e. The van der Waals surface area contributed by atoms with E-state index in [0.717, 1.165) is 16.7 Å². The molecule has 2 heterocycles. The molecule has 0 radical (unpaired) electrons. The average molecular weight is 286 g/mol. The second-order valence-electron chi connectivity index (χ2n) is 3.44. The lowest BCUT2D eigenvalue weighted by molar-refractivity contribution is 0.636. The molecule has 2 rings (SSSR count). The van der Waals surface area contributed by atoms with Crippen molar-refractivity contribution in [2.45, 2.75) is 12.5 Å². The van der Waals surface area contributed by atoms with Gasteiger partial charge in [0, 0.05) is 40.6 Å². The Balaban J connectivity index is 2.10. The van der Waals surface area contributed by atoms with E-state index in [-0.39, 0.29) is 6.04 Å². The quantitative estimate of drug-likeness (QED) is 0.942. The number of imidazole rings is 1. The lowest BCUT2D eigenvalue weighted by atomic mass is 10.2. The Bertz CT molecular complexity index is 449. The van der Waals surface area contributed by atoms with Gasteiger partial charge < -0.3 is 10.3 Å². The fourth-order valence-corrected chi connectivity index (χ4v) is 3.01. The molecule has 2 aromatic heterocycles. The highest BCUT2D eigenvalue weighted by atomic mass is 79.9. The van der Waals surface area contributed by atoms with Gasteiger partial charge >= 0.3 is 0 Å². The number of aryl methyl sites for hydroxylation is 1. The molecule has 1 atom stereocenters. The summed E-state index contributed by atoms with van der Waals surface area (Å²) in [5.74, 6) is 0.930. The second-order valence-corrected chi connectivity index (χ2v) is 5.35. The Morgan fingerprint density at radius 3 is 3.00 bits per heavy atom. The summed E-state index contributed by atoms with van der Waals surface area (Å²) < 4.78 is 3.09. The molecule has 15 heavy (non-hydrogen) atoms. The van der Waals surface area contributed by atoms with E-state index in [0.29, 0.717) is 0 Å². The third-order valence-electron chi connectivity index (χ3n) is 2.23. The summed E-state index contributed by atoms with van der Waals surface area (Å²) in [6.07, 6.45) is 4.53. The van der Waals surface area contributed by atoms with Crippen LogP contribution in [0.5, 0.6) is 0 Å². The Morgan fingerprint density at radius 2 is 2.47 bits per heavy atom. The lowest BCUT2D eigenvalue weighted by Crippen LogP contribution is -2.17. The number of halogens is 1. The highest BCUT2D eigenvalue weighted by Crippen LogP contribution is 2.23. The van der Waals surface area contributed by atoms with E-state index >= 15 is 0 Å². The average Bonchev–Trinajstić information content (AvgIpc) is 2.75. The van der Waals surface area contributed by atoms with Crippen LogP contribution in [-0.4, -0.2) is 9.55 Å². The molecular weight excluding hydrogens is 274 g/mol. The molecule has 0 bridgehead atoms. The largest absolute Gasteiger partial charge is 0.337 e. The van der Waals surface area contributed by atoms with Crippen molar-refractivity contribution < 1.29 is 0 Å². The van der Waals surface area contributed by atoms with Crippen LogP contribution in [0, 0.1) is 0 Å². The van der Waals surface area contributed by atoms with Crippen molar-refractivity contribution in [3.8, 4) is 0 Å². The monoisotopic (exact) mass is 285 g/mol. The zero-order chi connectivity index (χ0) is 10.8. The van der Waals surface area contributed by atoms with Crippen molar-refractivity contribution >= 4 is 27.3 Å². The summed E-state index contributed by atoms with van der Waals surface area (Å²) >= 11 is 5.15. The molecule has 0 amide bonds. The van der Waals surface area contributed by atoms with Gasteiger partial charge in [0.1, 0.15) is 5.82 Å². The summed E-state index contributed by atoms with van der Waals surface area (Å²) in [6, 6.07) is 2.07. The van der Waals surface area contributed by atoms with Gasteiger partial charge in [-0.1, -0.05) is 0 Å². The minimum atomic E-state index is -0.0319. The molecule has 2 aromatic rings. The van der Waals surface area contributed by atoms with E-state index in [2.05, 4.69) is 32.4 Å². The van der Waals surface area contributed by atoms with Gasteiger partial charge in [0.25, 0.3) is 0 Å². The van der Waals surface area contributed by atoms with Crippen LogP contribution in [0.15, 0.2) is 28.3 Å². The predicted octanol–water partition coefficient (Wildman–Crippen LogP) is 2.49. The summed E-state index contributed by atoms with van der Waals surface area (Å²) in [5, 5.41) is 2.07. The molecule has 0 aromatic carbocycles. The number of thiophene rings is 1. The molecule has 0 spiro atoms. The molecule has 0 aliphatic heterocycles. The Hall–Kier alpha value is -0.650. The van der Waals surface area contributed by atoms with E-state index in [1.165, 1.54) is 4.88 Å². The van der Waals surface area contributed by atoms with Crippen molar-refractivity contribution in [3.63, 3.8) is 0 Å². The van der Waals surface area contributed by atoms with E-state index in [1.54, 1.807) is 17.5 Å². The first-order valence-corrected chi connectivity index (χ1v) is 6.30. The van der Waals surface area contributed by atoms with Crippen LogP contribution >= 0.6 is 27.3 Å². The zero-order valence-electron chi connectivity index (χ0n) is 8.35. The van der Waals surface area contributed by atoms with Crippen LogP contribution in [0.25, 0.3) is 0 Å². The number of hydrogen-bond donors (Lipinski definition) is 1. The van der Waals surface area contributed by atoms with Crippen LogP contribution in [-0.2, 0) is 13.5 Å². The van der Waals surface area contributed by atoms with Gasteiger partial charge in [0.2, 0.25) is 0 Å². The molecule has 0 aliphatic carbocycles. The molecule has 0 fully saturated rings. The Labute approximate surface area is 101 Å². The third-order valence-corrected chi connectivity index (χ3v) is 3.95. The van der Waals surface area contributed by atoms with E-state index in [1.807, 2.05) is 17.8 Å². The summed E-state index contributed by atoms with van der Waals surface area (Å²) in [4.78, 5) is 5.52. The fraction of sp³-hybridized carbons (Fsp3) is 0.300. The van der Waals surface area contributed by atoms with Crippen LogP contribution in [0.1, 0.15) is 16.7 Å². The summed E-state index contributed by atoms with van der Waals surface area (Å²) in [6.45, 7) is 0. The predicted molar refractivity (Wildman–Crippen MR) is 65.9 cm³/mol. The topological polar surface area (TPSA) is 43.8 Å². The van der Waals surface area contributed by atoms with Crippen molar-refractivity contribution in [1.82, 2.24) is 9.55 Å². The van der Waals surface area contributed by atoms with Gasteiger partial charge in [-0.3, -0.25) is 0 Å². The first kappa shape index (κ1) is 10.9. The minimum absolute atomic E-state index is 0.0319. The number of nitrogens with zero attached hydrogens (tertiary/aromatic N) is 2. The number of rotatable bonds is 3. The molecule has 5 heteroatoms. The van der Waals surface area contributed by atoms with Crippen LogP contribution < -0.4 is 5.73 Å². The van der Waals surface area contributed by atoms with Crippen molar-refractivity contribution in [3.05, 3.63) is 39.0 Å². The van der Waals surface area contributed by atoms with E-state index in [9.17, 15) is 0 Å². The van der Waals surface area contributed by atoms with Crippen molar-refractivity contribution in [2.24, 2.45) is 12.8 Å². The van der Waals surface area contributed by atoms with E-state index < -0.39 is 0 Å². The maximum atomic E-state index is 6.09. The molecule has 2 N–H and O–H groups in total. The first-order valence-electron chi connectivity index (χ1n) is 4.62. The standard InChI is InChI=1S/C10H12BrN3S/c1-14-3-2-13-10(14)9(12)5-8-4-7(11)6-15-8/h2-4,6,9H,5,12H2,1H3. The SMILES string of the molecule is Cn1ccnc1C(N)Cc1cc(Br)cs1. The van der Waals surface area contributed by atoms with Crippen LogP contribution in [0.3, 0.4) is 0 Å². The zero-order valence-corrected chi connectivity index (χ0v) is 10.8. The number of nitrogens with two attached hydrogens (primary N) is 1. The van der Waals surface area contributed by atoms with Gasteiger partial charge in [-0.25, -0.2) is 4.98 Å². The molecule has 1 unspecified atom stereocenters. The molecule has 3 nitrogen and oxygen atoms in total. The number of aromatic nitrogens is 2. The first-order chi connectivity index (χ1) is 7.16. The van der Waals surface area contributed by atoms with Crippen LogP contribution in [0.2, 0.25) is 0 Å².